The fourth-order valence-corrected chi connectivity index (χ4v) is 0.431. The Labute approximate surface area is 51.9 Å². The molecule has 0 aliphatic carbocycles. The largest absolute Gasteiger partial charge is 0.396 e. The van der Waals surface area contributed by atoms with Crippen molar-refractivity contribution in [2.75, 3.05) is 17.2 Å². The summed E-state index contributed by atoms with van der Waals surface area (Å²) in [5.41, 5.74) is 16.1. The average molecular weight is 125 g/mol. The predicted molar refractivity (Wildman–Crippen MR) is 35.3 cm³/mol. The van der Waals surface area contributed by atoms with Crippen molar-refractivity contribution in [3.63, 3.8) is 0 Å². The third kappa shape index (κ3) is 0.987. The van der Waals surface area contributed by atoms with Crippen LogP contribution in [-0.2, 0) is 0 Å². The van der Waals surface area contributed by atoms with Gasteiger partial charge in [-0.15, -0.1) is 10.2 Å². The number of anilines is 3. The summed E-state index contributed by atoms with van der Waals surface area (Å²) in [5, 5.41) is 6.92. The van der Waals surface area contributed by atoms with E-state index in [1.54, 1.807) is 0 Å². The molecular formula is C4H7N5. The summed E-state index contributed by atoms with van der Waals surface area (Å²) >= 11 is 0. The van der Waals surface area contributed by atoms with Crippen LogP contribution in [-0.4, -0.2) is 10.2 Å². The van der Waals surface area contributed by atoms with Crippen LogP contribution >= 0.6 is 0 Å². The molecule has 0 fully saturated rings. The van der Waals surface area contributed by atoms with Crippen molar-refractivity contribution < 1.29 is 0 Å². The van der Waals surface area contributed by atoms with E-state index in [4.69, 9.17) is 17.2 Å². The molecule has 1 aromatic rings. The van der Waals surface area contributed by atoms with Crippen LogP contribution < -0.4 is 17.2 Å². The molecule has 0 saturated heterocycles. The van der Waals surface area contributed by atoms with Crippen LogP contribution in [0.15, 0.2) is 6.07 Å². The maximum atomic E-state index is 5.31. The lowest BCUT2D eigenvalue weighted by Gasteiger charge is -1.95. The second-order valence-corrected chi connectivity index (χ2v) is 1.61. The Kier molecular flexibility index (Phi) is 1.11. The normalized spacial score (nSPS) is 9.33. The summed E-state index contributed by atoms with van der Waals surface area (Å²) < 4.78 is 0. The number of hydrogen-bond donors (Lipinski definition) is 3. The highest BCUT2D eigenvalue weighted by Crippen LogP contribution is 2.09. The number of hydrogen-bond acceptors (Lipinski definition) is 5. The van der Waals surface area contributed by atoms with Crippen molar-refractivity contribution >= 4 is 17.3 Å². The van der Waals surface area contributed by atoms with Gasteiger partial charge >= 0.3 is 0 Å². The summed E-state index contributed by atoms with van der Waals surface area (Å²) in [4.78, 5) is 0. The van der Waals surface area contributed by atoms with E-state index in [1.165, 1.54) is 6.07 Å². The van der Waals surface area contributed by atoms with E-state index in [1.807, 2.05) is 0 Å². The van der Waals surface area contributed by atoms with Gasteiger partial charge in [0.1, 0.15) is 5.82 Å². The van der Waals surface area contributed by atoms with Crippen molar-refractivity contribution in [2.24, 2.45) is 0 Å². The first-order valence-electron chi connectivity index (χ1n) is 2.34. The van der Waals surface area contributed by atoms with Gasteiger partial charge in [0.15, 0.2) is 5.82 Å². The summed E-state index contributed by atoms with van der Waals surface area (Å²) in [6.07, 6.45) is 0. The number of rotatable bonds is 0. The molecule has 0 spiro atoms. The first-order valence-corrected chi connectivity index (χ1v) is 2.34. The lowest BCUT2D eigenvalue weighted by atomic mass is 10.4. The quantitative estimate of drug-likeness (QED) is 0.422. The van der Waals surface area contributed by atoms with E-state index in [0.29, 0.717) is 5.69 Å². The summed E-state index contributed by atoms with van der Waals surface area (Å²) in [6.45, 7) is 0. The van der Waals surface area contributed by atoms with Gasteiger partial charge < -0.3 is 17.2 Å². The molecular weight excluding hydrogens is 118 g/mol. The van der Waals surface area contributed by atoms with E-state index < -0.39 is 0 Å². The molecule has 0 unspecified atom stereocenters. The van der Waals surface area contributed by atoms with Crippen LogP contribution in [0, 0.1) is 0 Å². The highest BCUT2D eigenvalue weighted by atomic mass is 15.2. The van der Waals surface area contributed by atoms with Gasteiger partial charge in [-0.2, -0.15) is 0 Å². The molecule has 1 rings (SSSR count). The number of nitrogens with two attached hydrogens (primary N) is 3. The van der Waals surface area contributed by atoms with E-state index in [2.05, 4.69) is 10.2 Å². The van der Waals surface area contributed by atoms with Gasteiger partial charge in [-0.25, -0.2) is 0 Å². The first-order chi connectivity index (χ1) is 4.20. The van der Waals surface area contributed by atoms with Crippen LogP contribution in [0.3, 0.4) is 0 Å². The second kappa shape index (κ2) is 1.77. The zero-order valence-corrected chi connectivity index (χ0v) is 4.70. The molecule has 5 nitrogen and oxygen atoms in total. The average Bonchev–Trinajstić information content (AvgIpc) is 1.80. The zero-order valence-electron chi connectivity index (χ0n) is 4.70. The summed E-state index contributed by atoms with van der Waals surface area (Å²) in [7, 11) is 0. The Morgan fingerprint density at radius 1 is 1.11 bits per heavy atom. The maximum absolute atomic E-state index is 5.31. The Hall–Kier alpha value is -1.52. The SMILES string of the molecule is Nc1cc(N)c(N)nn1. The Morgan fingerprint density at radius 2 is 1.78 bits per heavy atom. The monoisotopic (exact) mass is 125 g/mol. The van der Waals surface area contributed by atoms with Crippen LogP contribution in [0.5, 0.6) is 0 Å². The highest BCUT2D eigenvalue weighted by Gasteiger charge is 1.94. The molecule has 48 valence electrons. The smallest absolute Gasteiger partial charge is 0.169 e. The van der Waals surface area contributed by atoms with Crippen molar-refractivity contribution in [3.05, 3.63) is 6.07 Å². The predicted octanol–water partition coefficient (Wildman–Crippen LogP) is -0.777. The molecule has 0 atom stereocenters. The van der Waals surface area contributed by atoms with Gasteiger partial charge in [0.25, 0.3) is 0 Å². The maximum Gasteiger partial charge on any atom is 0.169 e. The fraction of sp³-hybridized carbons (Fsp3) is 0. The minimum atomic E-state index is 0.212. The molecule has 1 heterocycles. The molecule has 0 radical (unpaired) electrons. The second-order valence-electron chi connectivity index (χ2n) is 1.61. The molecule has 1 aromatic heterocycles. The van der Waals surface area contributed by atoms with Gasteiger partial charge in [0.05, 0.1) is 5.69 Å². The van der Waals surface area contributed by atoms with Gasteiger partial charge in [-0.3, -0.25) is 0 Å². The fourth-order valence-electron chi connectivity index (χ4n) is 0.431. The third-order valence-electron chi connectivity index (χ3n) is 0.872. The summed E-state index contributed by atoms with van der Waals surface area (Å²) in [6, 6.07) is 1.46. The van der Waals surface area contributed by atoms with Crippen LogP contribution in [0.1, 0.15) is 0 Å². The van der Waals surface area contributed by atoms with E-state index in [0.717, 1.165) is 0 Å². The van der Waals surface area contributed by atoms with Gasteiger partial charge in [0, 0.05) is 6.07 Å². The first kappa shape index (κ1) is 5.61. The highest BCUT2D eigenvalue weighted by molar-refractivity contribution is 5.60. The lowest BCUT2D eigenvalue weighted by Crippen LogP contribution is -2.02. The van der Waals surface area contributed by atoms with E-state index in [-0.39, 0.29) is 11.6 Å². The van der Waals surface area contributed by atoms with E-state index >= 15 is 0 Å². The molecule has 6 N–H and O–H groups in total. The van der Waals surface area contributed by atoms with Crippen molar-refractivity contribution in [1.82, 2.24) is 10.2 Å². The lowest BCUT2D eigenvalue weighted by molar-refractivity contribution is 1.06. The molecule has 0 aromatic carbocycles. The Balaban J connectivity index is 3.17. The van der Waals surface area contributed by atoms with Crippen LogP contribution in [0.4, 0.5) is 17.3 Å². The Bertz CT molecular complexity index is 220. The molecule has 0 aliphatic rings. The van der Waals surface area contributed by atoms with Gasteiger partial charge in [-0.05, 0) is 0 Å². The van der Waals surface area contributed by atoms with Gasteiger partial charge in [-0.1, -0.05) is 0 Å². The van der Waals surface area contributed by atoms with Crippen LogP contribution in [0.2, 0.25) is 0 Å². The topological polar surface area (TPSA) is 104 Å². The number of nitrogen functional groups attached to an aromatic ring is 3. The van der Waals surface area contributed by atoms with Crippen molar-refractivity contribution in [1.29, 1.82) is 0 Å². The standard InChI is InChI=1S/C4H7N5/c5-2-1-3(6)8-9-4(2)7/h1H,(H2,7,9)(H4,5,6,8). The minimum absolute atomic E-state index is 0.212. The zero-order chi connectivity index (χ0) is 6.85. The Morgan fingerprint density at radius 3 is 2.22 bits per heavy atom. The van der Waals surface area contributed by atoms with E-state index in [9.17, 15) is 0 Å². The number of aromatic nitrogens is 2. The third-order valence-corrected chi connectivity index (χ3v) is 0.872. The molecule has 0 amide bonds. The molecule has 0 saturated carbocycles. The summed E-state index contributed by atoms with van der Waals surface area (Å²) in [5.74, 6) is 0.492. The molecule has 0 aliphatic heterocycles. The molecule has 5 heteroatoms. The minimum Gasteiger partial charge on any atom is -0.396 e. The van der Waals surface area contributed by atoms with Crippen molar-refractivity contribution in [3.8, 4) is 0 Å². The van der Waals surface area contributed by atoms with Crippen LogP contribution in [0.25, 0.3) is 0 Å². The van der Waals surface area contributed by atoms with Gasteiger partial charge in [0.2, 0.25) is 0 Å². The molecule has 9 heavy (non-hydrogen) atoms. The molecule has 0 bridgehead atoms. The van der Waals surface area contributed by atoms with Crippen molar-refractivity contribution in [2.45, 2.75) is 0 Å². The number of nitrogens with zero attached hydrogens (tertiary/aromatic N) is 2.